The first-order valence-corrected chi connectivity index (χ1v) is 11.7. The Morgan fingerprint density at radius 3 is 2.26 bits per heavy atom. The summed E-state index contributed by atoms with van der Waals surface area (Å²) in [6, 6.07) is 16.8. The number of amides is 1. The van der Waals surface area contributed by atoms with Crippen LogP contribution < -0.4 is 10.4 Å². The molecule has 0 aromatic heterocycles. The fraction of sp³-hybridized carbons (Fsp3) is 0.440. The number of ether oxygens (including phenoxy) is 1. The molecule has 2 fully saturated rings. The van der Waals surface area contributed by atoms with E-state index in [1.54, 1.807) is 0 Å². The van der Waals surface area contributed by atoms with Crippen LogP contribution in [0.1, 0.15) is 25.7 Å². The first-order valence-electron chi connectivity index (χ1n) is 11.3. The Balaban J connectivity index is 0.000000429. The van der Waals surface area contributed by atoms with Crippen molar-refractivity contribution in [1.29, 1.82) is 0 Å². The van der Waals surface area contributed by atoms with Gasteiger partial charge in [0.05, 0.1) is 38.5 Å². The van der Waals surface area contributed by atoms with Crippen molar-refractivity contribution in [3.05, 3.63) is 53.6 Å². The third kappa shape index (κ3) is 6.89. The summed E-state index contributed by atoms with van der Waals surface area (Å²) in [5, 5.41) is 12.4. The summed E-state index contributed by atoms with van der Waals surface area (Å²) in [5.41, 5.74) is 2.63. The smallest absolute Gasteiger partial charge is 0.430 e. The van der Waals surface area contributed by atoms with Crippen molar-refractivity contribution in [3.8, 4) is 11.1 Å². The first-order chi connectivity index (χ1) is 16.4. The number of anilines is 1. The first kappa shape index (κ1) is 26.8. The van der Waals surface area contributed by atoms with Gasteiger partial charge in [0, 0.05) is 42.2 Å². The lowest BCUT2D eigenvalue weighted by Crippen LogP contribution is -2.55. The van der Waals surface area contributed by atoms with Gasteiger partial charge in [-0.3, -0.25) is 5.32 Å². The quantitative estimate of drug-likeness (QED) is 0.593. The zero-order valence-electron chi connectivity index (χ0n) is 19.5. The molecule has 0 unspecified atom stereocenters. The van der Waals surface area contributed by atoms with E-state index >= 15 is 0 Å². The van der Waals surface area contributed by atoms with Crippen LogP contribution in [0.2, 0.25) is 5.02 Å². The number of fused-ring (bicyclic) bond motifs is 2. The molecule has 2 heterocycles. The Morgan fingerprint density at radius 2 is 1.69 bits per heavy atom. The Morgan fingerprint density at radius 1 is 1.09 bits per heavy atom. The number of piperidine rings is 1. The number of carbonyl (C=O) groups is 2. The molecule has 3 atom stereocenters. The second kappa shape index (κ2) is 10.9. The lowest BCUT2D eigenvalue weighted by Gasteiger charge is -2.44. The normalized spacial score (nSPS) is 22.5. The van der Waals surface area contributed by atoms with E-state index in [4.69, 9.17) is 26.2 Å². The van der Waals surface area contributed by atoms with Crippen LogP contribution in [0.5, 0.6) is 0 Å². The summed E-state index contributed by atoms with van der Waals surface area (Å²) in [6.45, 7) is 0.498. The zero-order chi connectivity index (χ0) is 25.8. The number of hydrogen-bond acceptors (Lipinski definition) is 4. The summed E-state index contributed by atoms with van der Waals surface area (Å²) < 4.78 is 38.3. The van der Waals surface area contributed by atoms with Gasteiger partial charge >= 0.3 is 12.3 Å². The van der Waals surface area contributed by atoms with Gasteiger partial charge in [0.1, 0.15) is 5.97 Å². The van der Waals surface area contributed by atoms with Gasteiger partial charge in [-0.05, 0) is 23.8 Å². The van der Waals surface area contributed by atoms with Crippen LogP contribution in [-0.2, 0) is 9.53 Å². The van der Waals surface area contributed by atoms with Gasteiger partial charge in [-0.1, -0.05) is 41.9 Å². The average molecular weight is 513 g/mol. The number of carboxylic acid groups (broad SMARTS) is 1. The van der Waals surface area contributed by atoms with Gasteiger partial charge in [-0.2, -0.15) is 13.2 Å². The molecule has 2 aromatic carbocycles. The summed E-state index contributed by atoms with van der Waals surface area (Å²) in [7, 11) is 4.69. The minimum absolute atomic E-state index is 0.388. The van der Waals surface area contributed by atoms with Crippen molar-refractivity contribution in [2.75, 3.05) is 26.0 Å². The molecule has 2 aromatic rings. The molecule has 0 radical (unpaired) electrons. The highest BCUT2D eigenvalue weighted by Crippen LogP contribution is 2.42. The molecule has 6 nitrogen and oxygen atoms in total. The van der Waals surface area contributed by atoms with Crippen LogP contribution in [0.4, 0.5) is 23.7 Å². The standard InChI is InChI=1S/C23H27ClN2O2.C2HF3O2/c1-26(2)19-10-11-20(26)13-16(12-19)15-28-23(27)25-22-9-4-3-8-21(22)17-6-5-7-18(24)14-17;3-2(4,5)1(6)7/h3-9,14,16,19-20H,10-13,15H2,1-2H3;(H,6,7)/t16-,19+,20-;. The number of nitrogens with zero attached hydrogens (tertiary/aromatic N) is 1. The van der Waals surface area contributed by atoms with Crippen LogP contribution in [0.3, 0.4) is 0 Å². The third-order valence-electron chi connectivity index (χ3n) is 6.91. The van der Waals surface area contributed by atoms with Crippen molar-refractivity contribution >= 4 is 29.4 Å². The van der Waals surface area contributed by atoms with Crippen LogP contribution in [0.25, 0.3) is 11.1 Å². The summed E-state index contributed by atoms with van der Waals surface area (Å²) in [6.07, 6.45) is -0.687. The van der Waals surface area contributed by atoms with Crippen molar-refractivity contribution < 1.29 is 37.1 Å². The van der Waals surface area contributed by atoms with E-state index in [1.807, 2.05) is 48.5 Å². The number of para-hydroxylation sites is 1. The Labute approximate surface area is 207 Å². The number of benzene rings is 2. The Hall–Kier alpha value is -2.78. The van der Waals surface area contributed by atoms with Gasteiger partial charge in [-0.25, -0.2) is 4.79 Å². The minimum Gasteiger partial charge on any atom is -0.542 e. The van der Waals surface area contributed by atoms with Crippen molar-refractivity contribution in [3.63, 3.8) is 0 Å². The summed E-state index contributed by atoms with van der Waals surface area (Å²) in [5.74, 6) is -2.54. The number of nitrogens with one attached hydrogen (secondary N) is 1. The summed E-state index contributed by atoms with van der Waals surface area (Å²) >= 11 is 6.12. The molecule has 0 spiro atoms. The molecular weight excluding hydrogens is 485 g/mol. The van der Waals surface area contributed by atoms with Crippen LogP contribution in [0, 0.1) is 5.92 Å². The number of alkyl halides is 3. The van der Waals surface area contributed by atoms with E-state index in [9.17, 15) is 18.0 Å². The van der Waals surface area contributed by atoms with Crippen LogP contribution in [-0.4, -0.2) is 55.5 Å². The fourth-order valence-corrected chi connectivity index (χ4v) is 5.16. The van der Waals surface area contributed by atoms with Crippen LogP contribution in [0.15, 0.2) is 48.5 Å². The Kier molecular flexibility index (Phi) is 8.33. The molecular formula is C25H28ClF3N2O4. The molecule has 10 heteroatoms. The molecule has 2 saturated heterocycles. The second-order valence-corrected chi connectivity index (χ2v) is 9.85. The second-order valence-electron chi connectivity index (χ2n) is 9.42. The lowest BCUT2D eigenvalue weighted by atomic mass is 9.90. The molecule has 2 bridgehead atoms. The maximum atomic E-state index is 12.4. The topological polar surface area (TPSA) is 78.5 Å². The molecule has 2 aliphatic heterocycles. The van der Waals surface area contributed by atoms with Gasteiger partial charge in [0.25, 0.3) is 0 Å². The maximum Gasteiger partial charge on any atom is 0.430 e. The largest absolute Gasteiger partial charge is 0.542 e. The number of rotatable bonds is 4. The molecule has 190 valence electrons. The van der Waals surface area contributed by atoms with E-state index in [0.717, 1.165) is 34.1 Å². The van der Waals surface area contributed by atoms with E-state index in [1.165, 1.54) is 12.8 Å². The fourth-order valence-electron chi connectivity index (χ4n) is 4.97. The highest BCUT2D eigenvalue weighted by molar-refractivity contribution is 6.30. The predicted molar refractivity (Wildman–Crippen MR) is 125 cm³/mol. The summed E-state index contributed by atoms with van der Waals surface area (Å²) in [4.78, 5) is 21.2. The molecule has 0 aliphatic carbocycles. The SMILES string of the molecule is C[N+]1(C)[C@@H]2CC[C@H]1C[C@@H](COC(=O)Nc1ccccc1-c1cccc(Cl)c1)C2.O=C([O-])C(F)(F)F. The van der Waals surface area contributed by atoms with E-state index in [2.05, 4.69) is 19.4 Å². The van der Waals surface area contributed by atoms with Gasteiger partial charge in [-0.15, -0.1) is 0 Å². The lowest BCUT2D eigenvalue weighted by molar-refractivity contribution is -0.931. The minimum atomic E-state index is -5.19. The van der Waals surface area contributed by atoms with Crippen LogP contribution >= 0.6 is 11.6 Å². The monoisotopic (exact) mass is 512 g/mol. The van der Waals surface area contributed by atoms with E-state index < -0.39 is 12.1 Å². The average Bonchev–Trinajstić information content (AvgIpc) is 2.94. The van der Waals surface area contributed by atoms with Gasteiger partial charge < -0.3 is 19.1 Å². The van der Waals surface area contributed by atoms with Gasteiger partial charge in [0.15, 0.2) is 0 Å². The highest BCUT2D eigenvalue weighted by Gasteiger charge is 2.48. The molecule has 35 heavy (non-hydrogen) atoms. The molecule has 1 N–H and O–H groups in total. The molecule has 2 aliphatic rings. The molecule has 1 amide bonds. The number of carbonyl (C=O) groups excluding carboxylic acids is 2. The number of halogens is 4. The van der Waals surface area contributed by atoms with Gasteiger partial charge in [0.2, 0.25) is 0 Å². The number of quaternary nitrogens is 1. The van der Waals surface area contributed by atoms with Crippen molar-refractivity contribution in [2.45, 2.75) is 43.9 Å². The predicted octanol–water partition coefficient (Wildman–Crippen LogP) is 4.87. The zero-order valence-corrected chi connectivity index (χ0v) is 20.2. The van der Waals surface area contributed by atoms with E-state index in [-0.39, 0.29) is 6.09 Å². The number of carboxylic acids is 1. The number of hydrogen-bond donors (Lipinski definition) is 1. The highest BCUT2D eigenvalue weighted by atomic mass is 35.5. The maximum absolute atomic E-state index is 12.4. The van der Waals surface area contributed by atoms with E-state index in [0.29, 0.717) is 29.6 Å². The number of aliphatic carboxylic acids is 1. The van der Waals surface area contributed by atoms with Crippen molar-refractivity contribution in [2.24, 2.45) is 5.92 Å². The van der Waals surface area contributed by atoms with Crippen molar-refractivity contribution in [1.82, 2.24) is 0 Å². The third-order valence-corrected chi connectivity index (χ3v) is 7.14. The molecule has 4 rings (SSSR count). The Bertz CT molecular complexity index is 1050. The molecule has 0 saturated carbocycles.